The van der Waals surface area contributed by atoms with E-state index in [-0.39, 0.29) is 0 Å². The summed E-state index contributed by atoms with van der Waals surface area (Å²) in [6.45, 7) is 2.84. The predicted molar refractivity (Wildman–Crippen MR) is 80.2 cm³/mol. The van der Waals surface area contributed by atoms with Gasteiger partial charge >= 0.3 is 0 Å². The second-order valence-electron chi connectivity index (χ2n) is 4.68. The minimum Gasteiger partial charge on any atom is -0.379 e. The number of benzene rings is 2. The van der Waals surface area contributed by atoms with Crippen LogP contribution < -0.4 is 5.32 Å². The van der Waals surface area contributed by atoms with Crippen LogP contribution in [0.3, 0.4) is 0 Å². The van der Waals surface area contributed by atoms with Crippen molar-refractivity contribution >= 4 is 16.5 Å². The first-order valence-electron chi connectivity index (χ1n) is 6.46. The van der Waals surface area contributed by atoms with Gasteiger partial charge in [0.15, 0.2) is 0 Å². The molecule has 0 amide bonds. The smallest absolute Gasteiger partial charge is 0.0623 e. The number of nitrogens with zero attached hydrogens (tertiary/aromatic N) is 1. The van der Waals surface area contributed by atoms with Crippen LogP contribution in [-0.4, -0.2) is 4.98 Å². The molecule has 1 aromatic heterocycles. The standard InChI is InChI=1S/C17H16N2/c1-13-5-4-10-18-17(13)12-19-16-9-8-14-6-2-3-7-15(14)11-16/h2-11,19H,12H2,1H3. The second-order valence-corrected chi connectivity index (χ2v) is 4.68. The summed E-state index contributed by atoms with van der Waals surface area (Å²) in [4.78, 5) is 4.39. The van der Waals surface area contributed by atoms with E-state index >= 15 is 0 Å². The molecule has 2 aromatic carbocycles. The summed E-state index contributed by atoms with van der Waals surface area (Å²) < 4.78 is 0. The van der Waals surface area contributed by atoms with E-state index in [4.69, 9.17) is 0 Å². The van der Waals surface area contributed by atoms with Crippen LogP contribution in [0.2, 0.25) is 0 Å². The summed E-state index contributed by atoms with van der Waals surface area (Å²) in [5, 5.41) is 5.95. The molecule has 3 rings (SSSR count). The van der Waals surface area contributed by atoms with Gasteiger partial charge in [-0.3, -0.25) is 4.98 Å². The molecule has 0 atom stereocenters. The Labute approximate surface area is 113 Å². The number of fused-ring (bicyclic) bond motifs is 1. The molecule has 0 aliphatic rings. The highest BCUT2D eigenvalue weighted by atomic mass is 14.9. The number of aromatic nitrogens is 1. The van der Waals surface area contributed by atoms with Crippen molar-refractivity contribution in [1.29, 1.82) is 0 Å². The lowest BCUT2D eigenvalue weighted by molar-refractivity contribution is 1.02. The number of nitrogens with one attached hydrogen (secondary N) is 1. The monoisotopic (exact) mass is 248 g/mol. The Morgan fingerprint density at radius 2 is 1.79 bits per heavy atom. The van der Waals surface area contributed by atoms with Gasteiger partial charge in [-0.15, -0.1) is 0 Å². The minimum atomic E-state index is 0.755. The van der Waals surface area contributed by atoms with Crippen molar-refractivity contribution < 1.29 is 0 Å². The van der Waals surface area contributed by atoms with Crippen LogP contribution in [0.15, 0.2) is 60.8 Å². The molecule has 0 radical (unpaired) electrons. The molecule has 19 heavy (non-hydrogen) atoms. The van der Waals surface area contributed by atoms with Gasteiger partial charge in [-0.25, -0.2) is 0 Å². The number of aryl methyl sites for hydroxylation is 1. The molecule has 0 spiro atoms. The Balaban J connectivity index is 1.80. The van der Waals surface area contributed by atoms with Gasteiger partial charge in [0.1, 0.15) is 0 Å². The van der Waals surface area contributed by atoms with Crippen molar-refractivity contribution in [1.82, 2.24) is 4.98 Å². The Hall–Kier alpha value is -2.35. The fourth-order valence-corrected chi connectivity index (χ4v) is 2.19. The van der Waals surface area contributed by atoms with E-state index in [2.05, 4.69) is 65.8 Å². The largest absolute Gasteiger partial charge is 0.379 e. The molecule has 3 aromatic rings. The fourth-order valence-electron chi connectivity index (χ4n) is 2.19. The topological polar surface area (TPSA) is 24.9 Å². The third-order valence-corrected chi connectivity index (χ3v) is 3.33. The number of hydrogen-bond donors (Lipinski definition) is 1. The molecule has 0 aliphatic heterocycles. The quantitative estimate of drug-likeness (QED) is 0.753. The van der Waals surface area contributed by atoms with Gasteiger partial charge in [-0.1, -0.05) is 36.4 Å². The highest BCUT2D eigenvalue weighted by Gasteiger charge is 1.99. The number of anilines is 1. The first kappa shape index (κ1) is 11.7. The van der Waals surface area contributed by atoms with Crippen LogP contribution in [0.25, 0.3) is 10.8 Å². The maximum absolute atomic E-state index is 4.39. The maximum atomic E-state index is 4.39. The summed E-state index contributed by atoms with van der Waals surface area (Å²) >= 11 is 0. The van der Waals surface area contributed by atoms with Gasteiger partial charge in [0.2, 0.25) is 0 Å². The summed E-state index contributed by atoms with van der Waals surface area (Å²) in [7, 11) is 0. The highest BCUT2D eigenvalue weighted by molar-refractivity contribution is 5.85. The molecule has 1 heterocycles. The van der Waals surface area contributed by atoms with E-state index in [9.17, 15) is 0 Å². The Kier molecular flexibility index (Phi) is 3.15. The highest BCUT2D eigenvalue weighted by Crippen LogP contribution is 2.19. The summed E-state index contributed by atoms with van der Waals surface area (Å²) in [6.07, 6.45) is 1.84. The maximum Gasteiger partial charge on any atom is 0.0623 e. The average molecular weight is 248 g/mol. The van der Waals surface area contributed by atoms with E-state index in [0.717, 1.165) is 17.9 Å². The fraction of sp³-hybridized carbons (Fsp3) is 0.118. The Bertz CT molecular complexity index is 704. The molecule has 1 N–H and O–H groups in total. The first-order valence-corrected chi connectivity index (χ1v) is 6.46. The van der Waals surface area contributed by atoms with Crippen LogP contribution in [-0.2, 0) is 6.54 Å². The molecular weight excluding hydrogens is 232 g/mol. The lowest BCUT2D eigenvalue weighted by Gasteiger charge is -2.09. The van der Waals surface area contributed by atoms with Crippen molar-refractivity contribution in [2.24, 2.45) is 0 Å². The number of rotatable bonds is 3. The number of pyridine rings is 1. The zero-order chi connectivity index (χ0) is 13.1. The van der Waals surface area contributed by atoms with Gasteiger partial charge in [0, 0.05) is 11.9 Å². The molecule has 0 bridgehead atoms. The predicted octanol–water partition coefficient (Wildman–Crippen LogP) is 4.16. The van der Waals surface area contributed by atoms with Gasteiger partial charge in [0.25, 0.3) is 0 Å². The van der Waals surface area contributed by atoms with E-state index in [1.54, 1.807) is 0 Å². The third-order valence-electron chi connectivity index (χ3n) is 3.33. The van der Waals surface area contributed by atoms with Crippen molar-refractivity contribution in [2.45, 2.75) is 13.5 Å². The van der Waals surface area contributed by atoms with Crippen molar-refractivity contribution in [3.8, 4) is 0 Å². The van der Waals surface area contributed by atoms with E-state index in [1.807, 2.05) is 12.3 Å². The molecule has 0 aliphatic carbocycles. The molecule has 0 unspecified atom stereocenters. The number of hydrogen-bond acceptors (Lipinski definition) is 2. The van der Waals surface area contributed by atoms with Crippen LogP contribution in [0.5, 0.6) is 0 Å². The minimum absolute atomic E-state index is 0.755. The summed E-state index contributed by atoms with van der Waals surface area (Å²) in [6, 6.07) is 18.9. The van der Waals surface area contributed by atoms with Crippen LogP contribution >= 0.6 is 0 Å². The van der Waals surface area contributed by atoms with E-state index < -0.39 is 0 Å². The zero-order valence-corrected chi connectivity index (χ0v) is 10.9. The molecule has 2 heteroatoms. The zero-order valence-electron chi connectivity index (χ0n) is 10.9. The molecule has 94 valence electrons. The second kappa shape index (κ2) is 5.11. The lowest BCUT2D eigenvalue weighted by atomic mass is 10.1. The first-order chi connectivity index (χ1) is 9.33. The molecule has 2 nitrogen and oxygen atoms in total. The van der Waals surface area contributed by atoms with Crippen LogP contribution in [0.1, 0.15) is 11.3 Å². The molecule has 0 saturated carbocycles. The van der Waals surface area contributed by atoms with Crippen molar-refractivity contribution in [2.75, 3.05) is 5.32 Å². The van der Waals surface area contributed by atoms with Gasteiger partial charge in [0.05, 0.1) is 12.2 Å². The Morgan fingerprint density at radius 3 is 2.63 bits per heavy atom. The van der Waals surface area contributed by atoms with Crippen LogP contribution in [0.4, 0.5) is 5.69 Å². The van der Waals surface area contributed by atoms with Crippen LogP contribution in [0, 0.1) is 6.92 Å². The van der Waals surface area contributed by atoms with Gasteiger partial charge in [-0.2, -0.15) is 0 Å². The van der Waals surface area contributed by atoms with Crippen molar-refractivity contribution in [3.63, 3.8) is 0 Å². The van der Waals surface area contributed by atoms with Gasteiger partial charge < -0.3 is 5.32 Å². The van der Waals surface area contributed by atoms with Crippen molar-refractivity contribution in [3.05, 3.63) is 72.1 Å². The SMILES string of the molecule is Cc1cccnc1CNc1ccc2ccccc2c1. The molecule has 0 fully saturated rings. The summed E-state index contributed by atoms with van der Waals surface area (Å²) in [5.41, 5.74) is 3.44. The Morgan fingerprint density at radius 1 is 0.947 bits per heavy atom. The van der Waals surface area contributed by atoms with Gasteiger partial charge in [-0.05, 0) is 41.5 Å². The molecular formula is C17H16N2. The molecule has 0 saturated heterocycles. The van der Waals surface area contributed by atoms with E-state index in [0.29, 0.717) is 0 Å². The third kappa shape index (κ3) is 2.58. The lowest BCUT2D eigenvalue weighted by Crippen LogP contribution is -2.03. The summed E-state index contributed by atoms with van der Waals surface area (Å²) in [5.74, 6) is 0. The average Bonchev–Trinajstić information content (AvgIpc) is 2.46. The normalized spacial score (nSPS) is 10.6. The van der Waals surface area contributed by atoms with E-state index in [1.165, 1.54) is 16.3 Å².